The Morgan fingerprint density at radius 2 is 1.81 bits per heavy atom. The summed E-state index contributed by atoms with van der Waals surface area (Å²) in [7, 11) is 0. The third-order valence-electron chi connectivity index (χ3n) is 5.44. The van der Waals surface area contributed by atoms with Gasteiger partial charge in [0.15, 0.2) is 0 Å². The van der Waals surface area contributed by atoms with Crippen molar-refractivity contribution in [3.05, 3.63) is 29.3 Å². The molecular formula is C20H30ClN3O2. The molecule has 5 nitrogen and oxygen atoms in total. The van der Waals surface area contributed by atoms with Gasteiger partial charge in [0.05, 0.1) is 0 Å². The molecule has 2 aliphatic rings. The second kappa shape index (κ2) is 10.1. The van der Waals surface area contributed by atoms with Crippen molar-refractivity contribution in [2.75, 3.05) is 52.4 Å². The van der Waals surface area contributed by atoms with Crippen LogP contribution in [0.5, 0.6) is 5.75 Å². The van der Waals surface area contributed by atoms with E-state index in [1.807, 2.05) is 29.2 Å². The molecule has 2 aliphatic heterocycles. The summed E-state index contributed by atoms with van der Waals surface area (Å²) in [5, 5.41) is 4.10. The molecule has 26 heavy (non-hydrogen) atoms. The lowest BCUT2D eigenvalue weighted by atomic mass is 9.93. The van der Waals surface area contributed by atoms with Crippen molar-refractivity contribution in [2.45, 2.75) is 25.7 Å². The zero-order valence-corrected chi connectivity index (χ0v) is 16.2. The second-order valence-corrected chi connectivity index (χ2v) is 7.69. The van der Waals surface area contributed by atoms with Gasteiger partial charge in [-0.3, -0.25) is 9.69 Å². The molecule has 1 amide bonds. The fraction of sp³-hybridized carbons (Fsp3) is 0.650. The Labute approximate surface area is 161 Å². The van der Waals surface area contributed by atoms with E-state index in [0.717, 1.165) is 68.9 Å². The summed E-state index contributed by atoms with van der Waals surface area (Å²) in [6.07, 6.45) is 4.20. The number of amides is 1. The third-order valence-corrected chi connectivity index (χ3v) is 5.69. The van der Waals surface area contributed by atoms with E-state index in [9.17, 15) is 4.79 Å². The Hall–Kier alpha value is -1.30. The number of benzene rings is 1. The number of piperazine rings is 1. The van der Waals surface area contributed by atoms with Gasteiger partial charge in [-0.05, 0) is 62.5 Å². The molecule has 0 spiro atoms. The molecule has 0 atom stereocenters. The lowest BCUT2D eigenvalue weighted by Gasteiger charge is -2.35. The Kier molecular flexibility index (Phi) is 7.59. The number of piperidine rings is 1. The lowest BCUT2D eigenvalue weighted by molar-refractivity contribution is -0.133. The highest BCUT2D eigenvalue weighted by molar-refractivity contribution is 6.30. The first-order valence-electron chi connectivity index (χ1n) is 9.80. The van der Waals surface area contributed by atoms with Crippen molar-refractivity contribution in [1.82, 2.24) is 15.1 Å². The summed E-state index contributed by atoms with van der Waals surface area (Å²) < 4.78 is 5.76. The predicted molar refractivity (Wildman–Crippen MR) is 105 cm³/mol. The summed E-state index contributed by atoms with van der Waals surface area (Å²) in [6.45, 7) is 7.31. The van der Waals surface area contributed by atoms with E-state index in [1.165, 1.54) is 12.8 Å². The number of nitrogens with zero attached hydrogens (tertiary/aromatic N) is 2. The number of carbonyl (C=O) groups is 1. The van der Waals surface area contributed by atoms with E-state index < -0.39 is 0 Å². The molecule has 2 saturated heterocycles. The number of nitrogens with one attached hydrogen (secondary N) is 1. The highest BCUT2D eigenvalue weighted by Gasteiger charge is 2.22. The van der Waals surface area contributed by atoms with Gasteiger partial charge in [0.25, 0.3) is 0 Å². The minimum absolute atomic E-state index is 0.334. The number of ether oxygens (including phenoxy) is 1. The molecule has 0 unspecified atom stereocenters. The van der Waals surface area contributed by atoms with Crippen LogP contribution in [-0.2, 0) is 4.79 Å². The molecule has 6 heteroatoms. The van der Waals surface area contributed by atoms with Gasteiger partial charge in [-0.2, -0.15) is 0 Å². The lowest BCUT2D eigenvalue weighted by Crippen LogP contribution is -2.49. The van der Waals surface area contributed by atoms with Crippen LogP contribution < -0.4 is 10.1 Å². The molecular weight excluding hydrogens is 350 g/mol. The van der Waals surface area contributed by atoms with Crippen molar-refractivity contribution < 1.29 is 9.53 Å². The first-order chi connectivity index (χ1) is 12.7. The molecule has 2 heterocycles. The van der Waals surface area contributed by atoms with Crippen LogP contribution >= 0.6 is 11.6 Å². The molecule has 0 aromatic heterocycles. The van der Waals surface area contributed by atoms with Crippen LogP contribution in [0.15, 0.2) is 24.3 Å². The maximum absolute atomic E-state index is 12.4. The van der Waals surface area contributed by atoms with Crippen molar-refractivity contribution in [3.63, 3.8) is 0 Å². The zero-order valence-electron chi connectivity index (χ0n) is 15.5. The van der Waals surface area contributed by atoms with E-state index in [0.29, 0.717) is 18.9 Å². The SMILES string of the molecule is O=C(CCC1CCNCC1)N1CCN(CCOc2ccc(Cl)cc2)CC1. The van der Waals surface area contributed by atoms with Crippen LogP contribution in [0.1, 0.15) is 25.7 Å². The van der Waals surface area contributed by atoms with Crippen molar-refractivity contribution in [1.29, 1.82) is 0 Å². The normalized spacial score (nSPS) is 19.5. The number of rotatable bonds is 7. The summed E-state index contributed by atoms with van der Waals surface area (Å²) in [4.78, 5) is 16.8. The van der Waals surface area contributed by atoms with E-state index >= 15 is 0 Å². The van der Waals surface area contributed by atoms with Gasteiger partial charge in [-0.15, -0.1) is 0 Å². The molecule has 1 aromatic carbocycles. The number of carbonyl (C=O) groups excluding carboxylic acids is 1. The van der Waals surface area contributed by atoms with Crippen molar-refractivity contribution in [3.8, 4) is 5.75 Å². The maximum atomic E-state index is 12.4. The fourth-order valence-corrected chi connectivity index (χ4v) is 3.83. The van der Waals surface area contributed by atoms with Gasteiger partial charge >= 0.3 is 0 Å². The van der Waals surface area contributed by atoms with Crippen LogP contribution in [0.4, 0.5) is 0 Å². The second-order valence-electron chi connectivity index (χ2n) is 7.26. The maximum Gasteiger partial charge on any atom is 0.222 e. The third kappa shape index (κ3) is 6.15. The highest BCUT2D eigenvalue weighted by atomic mass is 35.5. The monoisotopic (exact) mass is 379 g/mol. The average molecular weight is 380 g/mol. The molecule has 0 bridgehead atoms. The minimum Gasteiger partial charge on any atom is -0.492 e. The van der Waals surface area contributed by atoms with E-state index in [2.05, 4.69) is 10.2 Å². The van der Waals surface area contributed by atoms with Crippen LogP contribution in [0.3, 0.4) is 0 Å². The van der Waals surface area contributed by atoms with Crippen molar-refractivity contribution >= 4 is 17.5 Å². The zero-order chi connectivity index (χ0) is 18.2. The van der Waals surface area contributed by atoms with E-state index in [4.69, 9.17) is 16.3 Å². The summed E-state index contributed by atoms with van der Waals surface area (Å²) >= 11 is 5.87. The Morgan fingerprint density at radius 3 is 2.50 bits per heavy atom. The molecule has 0 radical (unpaired) electrons. The molecule has 1 N–H and O–H groups in total. The van der Waals surface area contributed by atoms with Crippen LogP contribution in [-0.4, -0.2) is 68.1 Å². The summed E-state index contributed by atoms with van der Waals surface area (Å²) in [5.41, 5.74) is 0. The molecule has 0 saturated carbocycles. The predicted octanol–water partition coefficient (Wildman–Crippen LogP) is 2.64. The first-order valence-corrected chi connectivity index (χ1v) is 10.2. The van der Waals surface area contributed by atoms with Gasteiger partial charge in [0.1, 0.15) is 12.4 Å². The summed E-state index contributed by atoms with van der Waals surface area (Å²) in [6, 6.07) is 7.46. The Morgan fingerprint density at radius 1 is 1.12 bits per heavy atom. The first kappa shape index (κ1) is 19.5. The summed E-state index contributed by atoms with van der Waals surface area (Å²) in [5.74, 6) is 1.91. The number of hydrogen-bond acceptors (Lipinski definition) is 4. The molecule has 144 valence electrons. The molecule has 2 fully saturated rings. The molecule has 0 aliphatic carbocycles. The van der Waals surface area contributed by atoms with Gasteiger partial charge < -0.3 is 15.0 Å². The van der Waals surface area contributed by atoms with Gasteiger partial charge in [-0.25, -0.2) is 0 Å². The smallest absolute Gasteiger partial charge is 0.222 e. The van der Waals surface area contributed by atoms with E-state index in [-0.39, 0.29) is 0 Å². The Balaban J connectivity index is 1.29. The van der Waals surface area contributed by atoms with Gasteiger partial charge in [0, 0.05) is 44.2 Å². The van der Waals surface area contributed by atoms with Gasteiger partial charge in [-0.1, -0.05) is 11.6 Å². The van der Waals surface area contributed by atoms with Crippen LogP contribution in [0.25, 0.3) is 0 Å². The quantitative estimate of drug-likeness (QED) is 0.791. The van der Waals surface area contributed by atoms with Gasteiger partial charge in [0.2, 0.25) is 5.91 Å². The average Bonchev–Trinajstić information content (AvgIpc) is 2.69. The van der Waals surface area contributed by atoms with Crippen molar-refractivity contribution in [2.24, 2.45) is 5.92 Å². The highest BCUT2D eigenvalue weighted by Crippen LogP contribution is 2.19. The molecule has 3 rings (SSSR count). The number of halogens is 1. The topological polar surface area (TPSA) is 44.8 Å². The molecule has 1 aromatic rings. The van der Waals surface area contributed by atoms with E-state index in [1.54, 1.807) is 0 Å². The fourth-order valence-electron chi connectivity index (χ4n) is 3.70. The van der Waals surface area contributed by atoms with Crippen LogP contribution in [0.2, 0.25) is 5.02 Å². The Bertz CT molecular complexity index is 553. The number of hydrogen-bond donors (Lipinski definition) is 1. The standard InChI is InChI=1S/C20H30ClN3O2/c21-18-2-4-19(5-3-18)26-16-15-23-11-13-24(14-12-23)20(25)6-1-17-7-9-22-10-8-17/h2-5,17,22H,1,6-16H2. The largest absolute Gasteiger partial charge is 0.492 e. The van der Waals surface area contributed by atoms with Crippen LogP contribution in [0, 0.1) is 5.92 Å². The minimum atomic E-state index is 0.334.